The molecule has 0 aliphatic carbocycles. The topological polar surface area (TPSA) is 46.3 Å². The lowest BCUT2D eigenvalue weighted by atomic mass is 10.1. The summed E-state index contributed by atoms with van der Waals surface area (Å²) in [5, 5.41) is 6.20. The van der Waals surface area contributed by atoms with Crippen LogP contribution in [-0.2, 0) is 0 Å². The van der Waals surface area contributed by atoms with Gasteiger partial charge in [0.25, 0.3) is 5.56 Å². The van der Waals surface area contributed by atoms with Crippen LogP contribution >= 0.6 is 0 Å². The third-order valence-electron chi connectivity index (χ3n) is 7.27. The summed E-state index contributed by atoms with van der Waals surface area (Å²) in [7, 11) is 0. The van der Waals surface area contributed by atoms with Crippen molar-refractivity contribution in [3.8, 4) is 11.4 Å². The summed E-state index contributed by atoms with van der Waals surface area (Å²) in [5.74, 6) is 0. The lowest BCUT2D eigenvalue weighted by Crippen LogP contribution is -2.36. The highest BCUT2D eigenvalue weighted by molar-refractivity contribution is 5.88. The van der Waals surface area contributed by atoms with E-state index in [0.29, 0.717) is 0 Å². The normalized spacial score (nSPS) is 15.9. The summed E-state index contributed by atoms with van der Waals surface area (Å²) in [6, 6.07) is 16.8. The Bertz CT molecular complexity index is 1390. The summed E-state index contributed by atoms with van der Waals surface area (Å²) in [4.78, 5) is 18.4. The SMILES string of the molecule is Cc1c2cnn(-c3ccc(N4CCCC4)cc3)c(=O)c2c(C)n1-c1cccc(N2CCC2)c1. The quantitative estimate of drug-likeness (QED) is 0.466. The second kappa shape index (κ2) is 7.80. The van der Waals surface area contributed by atoms with E-state index in [2.05, 4.69) is 62.8 Å². The molecular formula is C27H29N5O. The van der Waals surface area contributed by atoms with E-state index < -0.39 is 0 Å². The van der Waals surface area contributed by atoms with E-state index in [1.165, 1.54) is 35.3 Å². The number of aromatic nitrogens is 3. The number of hydrogen-bond donors (Lipinski definition) is 0. The number of anilines is 2. The van der Waals surface area contributed by atoms with Gasteiger partial charge in [0.2, 0.25) is 0 Å². The van der Waals surface area contributed by atoms with E-state index in [1.807, 2.05) is 25.3 Å². The first-order valence-electron chi connectivity index (χ1n) is 11.9. The average Bonchev–Trinajstić information content (AvgIpc) is 3.41. The van der Waals surface area contributed by atoms with Crippen molar-refractivity contribution in [3.63, 3.8) is 0 Å². The van der Waals surface area contributed by atoms with Gasteiger partial charge in [-0.05, 0) is 75.6 Å². The number of fused-ring (bicyclic) bond motifs is 1. The van der Waals surface area contributed by atoms with Crippen molar-refractivity contribution in [3.05, 3.63) is 76.5 Å². The van der Waals surface area contributed by atoms with Crippen molar-refractivity contribution >= 4 is 22.1 Å². The molecule has 0 bridgehead atoms. The van der Waals surface area contributed by atoms with Crippen LogP contribution < -0.4 is 15.4 Å². The monoisotopic (exact) mass is 439 g/mol. The molecule has 0 saturated carbocycles. The minimum Gasteiger partial charge on any atom is -0.372 e. The molecule has 0 amide bonds. The van der Waals surface area contributed by atoms with Crippen LogP contribution in [0.1, 0.15) is 30.7 Å². The summed E-state index contributed by atoms with van der Waals surface area (Å²) in [6.45, 7) is 8.54. The molecule has 2 aromatic heterocycles. The van der Waals surface area contributed by atoms with Crippen LogP contribution in [0, 0.1) is 13.8 Å². The zero-order valence-corrected chi connectivity index (χ0v) is 19.3. The molecule has 0 N–H and O–H groups in total. The number of hydrogen-bond acceptors (Lipinski definition) is 4. The van der Waals surface area contributed by atoms with Gasteiger partial charge in [0.1, 0.15) is 0 Å². The van der Waals surface area contributed by atoms with E-state index in [9.17, 15) is 4.79 Å². The Kier molecular flexibility index (Phi) is 4.75. The fourth-order valence-corrected chi connectivity index (χ4v) is 5.32. The van der Waals surface area contributed by atoms with Crippen LogP contribution in [0.4, 0.5) is 11.4 Å². The number of rotatable bonds is 4. The van der Waals surface area contributed by atoms with Crippen LogP contribution in [0.5, 0.6) is 0 Å². The Morgan fingerprint density at radius 1 is 0.727 bits per heavy atom. The molecule has 33 heavy (non-hydrogen) atoms. The van der Waals surface area contributed by atoms with E-state index >= 15 is 0 Å². The molecule has 4 aromatic rings. The van der Waals surface area contributed by atoms with Gasteiger partial charge in [-0.3, -0.25) is 4.79 Å². The Morgan fingerprint density at radius 2 is 1.36 bits per heavy atom. The smallest absolute Gasteiger partial charge is 0.281 e. The van der Waals surface area contributed by atoms with E-state index in [-0.39, 0.29) is 5.56 Å². The first-order valence-corrected chi connectivity index (χ1v) is 11.9. The number of nitrogens with zero attached hydrogens (tertiary/aromatic N) is 5. The predicted octanol–water partition coefficient (Wildman–Crippen LogP) is 4.60. The Labute approximate surface area is 193 Å². The molecule has 6 nitrogen and oxygen atoms in total. The van der Waals surface area contributed by atoms with Gasteiger partial charge < -0.3 is 14.4 Å². The third-order valence-corrected chi connectivity index (χ3v) is 7.27. The molecule has 4 heterocycles. The van der Waals surface area contributed by atoms with Crippen LogP contribution in [-0.4, -0.2) is 40.5 Å². The Hall–Kier alpha value is -3.54. The maximum Gasteiger partial charge on any atom is 0.281 e. The largest absolute Gasteiger partial charge is 0.372 e. The van der Waals surface area contributed by atoms with Crippen LogP contribution in [0.2, 0.25) is 0 Å². The molecule has 168 valence electrons. The summed E-state index contributed by atoms with van der Waals surface area (Å²) in [5.41, 5.74) is 6.28. The Balaban J connectivity index is 1.43. The molecule has 2 aliphatic heterocycles. The molecule has 2 fully saturated rings. The third kappa shape index (κ3) is 3.24. The van der Waals surface area contributed by atoms with E-state index in [4.69, 9.17) is 0 Å². The predicted molar refractivity (Wildman–Crippen MR) is 134 cm³/mol. The molecule has 6 heteroatoms. The average molecular weight is 440 g/mol. The maximum atomic E-state index is 13.6. The highest BCUT2D eigenvalue weighted by Crippen LogP contribution is 2.29. The lowest BCUT2D eigenvalue weighted by Gasteiger charge is -2.33. The molecule has 0 atom stereocenters. The summed E-state index contributed by atoms with van der Waals surface area (Å²) >= 11 is 0. The van der Waals surface area contributed by atoms with Crippen LogP contribution in [0.25, 0.3) is 22.1 Å². The lowest BCUT2D eigenvalue weighted by molar-refractivity contribution is 0.617. The minimum atomic E-state index is -0.0697. The van der Waals surface area contributed by atoms with Crippen molar-refractivity contribution in [2.75, 3.05) is 36.0 Å². The zero-order chi connectivity index (χ0) is 22.5. The van der Waals surface area contributed by atoms with Crippen LogP contribution in [0.3, 0.4) is 0 Å². The second-order valence-electron chi connectivity index (χ2n) is 9.23. The van der Waals surface area contributed by atoms with Gasteiger partial charge in [-0.1, -0.05) is 6.07 Å². The van der Waals surface area contributed by atoms with Crippen molar-refractivity contribution < 1.29 is 0 Å². The van der Waals surface area contributed by atoms with E-state index in [0.717, 1.165) is 59.7 Å². The molecule has 2 aliphatic rings. The molecule has 2 saturated heterocycles. The Morgan fingerprint density at radius 3 is 2.06 bits per heavy atom. The van der Waals surface area contributed by atoms with Crippen LogP contribution in [0.15, 0.2) is 59.5 Å². The van der Waals surface area contributed by atoms with Crippen molar-refractivity contribution in [2.24, 2.45) is 0 Å². The van der Waals surface area contributed by atoms with Gasteiger partial charge in [0.05, 0.1) is 17.3 Å². The second-order valence-corrected chi connectivity index (χ2v) is 9.23. The minimum absolute atomic E-state index is 0.0697. The first kappa shape index (κ1) is 20.1. The maximum absolute atomic E-state index is 13.6. The first-order chi connectivity index (χ1) is 16.1. The van der Waals surface area contributed by atoms with Gasteiger partial charge in [-0.15, -0.1) is 0 Å². The van der Waals surface area contributed by atoms with Gasteiger partial charge in [0, 0.05) is 60.0 Å². The molecule has 0 unspecified atom stereocenters. The van der Waals surface area contributed by atoms with E-state index in [1.54, 1.807) is 0 Å². The summed E-state index contributed by atoms with van der Waals surface area (Å²) < 4.78 is 3.72. The molecule has 0 spiro atoms. The highest BCUT2D eigenvalue weighted by atomic mass is 16.1. The zero-order valence-electron chi connectivity index (χ0n) is 19.3. The number of benzene rings is 2. The molecule has 6 rings (SSSR count). The van der Waals surface area contributed by atoms with Gasteiger partial charge in [-0.2, -0.15) is 9.78 Å². The molecule has 0 radical (unpaired) electrons. The van der Waals surface area contributed by atoms with Gasteiger partial charge >= 0.3 is 0 Å². The van der Waals surface area contributed by atoms with Gasteiger partial charge in [0.15, 0.2) is 0 Å². The number of aryl methyl sites for hydroxylation is 2. The summed E-state index contributed by atoms with van der Waals surface area (Å²) in [6.07, 6.45) is 5.58. The fraction of sp³-hybridized carbons (Fsp3) is 0.333. The standard InChI is InChI=1S/C27H29N5O/c1-19-25-18-28-32(22-11-9-21(10-12-22)29-13-3-4-14-29)27(33)26(25)20(2)31(19)24-8-5-7-23(17-24)30-15-6-16-30/h5,7-12,17-18H,3-4,6,13-16H2,1-2H3. The van der Waals surface area contributed by atoms with Crippen molar-refractivity contribution in [1.82, 2.24) is 14.3 Å². The van der Waals surface area contributed by atoms with Gasteiger partial charge in [-0.25, -0.2) is 0 Å². The molecular weight excluding hydrogens is 410 g/mol. The van der Waals surface area contributed by atoms with Crippen molar-refractivity contribution in [1.29, 1.82) is 0 Å². The highest BCUT2D eigenvalue weighted by Gasteiger charge is 2.20. The fourth-order valence-electron chi connectivity index (χ4n) is 5.32. The van der Waals surface area contributed by atoms with Crippen molar-refractivity contribution in [2.45, 2.75) is 33.1 Å². The molecule has 2 aromatic carbocycles.